The van der Waals surface area contributed by atoms with Crippen LogP contribution in [-0.2, 0) is 27.2 Å². The lowest BCUT2D eigenvalue weighted by Crippen LogP contribution is -2.46. The molecule has 2 aromatic carbocycles. The van der Waals surface area contributed by atoms with E-state index >= 15 is 0 Å². The maximum absolute atomic E-state index is 12.7. The number of nitrogens with zero attached hydrogens (tertiary/aromatic N) is 1. The van der Waals surface area contributed by atoms with E-state index in [-0.39, 0.29) is 6.04 Å². The van der Waals surface area contributed by atoms with Gasteiger partial charge in [-0.1, -0.05) is 25.1 Å². The highest BCUT2D eigenvalue weighted by Crippen LogP contribution is 2.26. The normalized spacial score (nSPS) is 13.9. The van der Waals surface area contributed by atoms with Crippen LogP contribution in [-0.4, -0.2) is 17.7 Å². The van der Waals surface area contributed by atoms with Crippen molar-refractivity contribution in [3.05, 3.63) is 59.2 Å². The van der Waals surface area contributed by atoms with Gasteiger partial charge in [0.2, 0.25) is 5.91 Å². The Morgan fingerprint density at radius 3 is 2.31 bits per heavy atom. The van der Waals surface area contributed by atoms with E-state index in [1.165, 1.54) is 30.9 Å². The number of nitrogen functional groups attached to an aromatic ring is 1. The summed E-state index contributed by atoms with van der Waals surface area (Å²) < 4.78 is 0. The van der Waals surface area contributed by atoms with Crippen molar-refractivity contribution in [2.24, 2.45) is 0 Å². The van der Waals surface area contributed by atoms with Gasteiger partial charge in [0.1, 0.15) is 0 Å². The minimum atomic E-state index is -0.904. The second kappa shape index (κ2) is 8.90. The summed E-state index contributed by atoms with van der Waals surface area (Å²) >= 11 is 0. The van der Waals surface area contributed by atoms with Gasteiger partial charge in [0.15, 0.2) is 0 Å². The van der Waals surface area contributed by atoms with Crippen LogP contribution in [0.4, 0.5) is 11.4 Å². The minimum Gasteiger partial charge on any atom is -0.399 e. The fourth-order valence-electron chi connectivity index (χ4n) is 3.78. The molecule has 0 saturated carbocycles. The lowest BCUT2D eigenvalue weighted by molar-refractivity contribution is -0.139. The van der Waals surface area contributed by atoms with Gasteiger partial charge >= 0.3 is 11.8 Å². The summed E-state index contributed by atoms with van der Waals surface area (Å²) in [6, 6.07) is 12.2. The molecule has 0 aliphatic heterocycles. The topological polar surface area (TPSA) is 92.5 Å². The van der Waals surface area contributed by atoms with Gasteiger partial charge in [-0.15, -0.1) is 0 Å². The van der Waals surface area contributed by atoms with Gasteiger partial charge in [-0.25, -0.2) is 4.90 Å². The molecule has 3 rings (SSSR count). The molecule has 6 heteroatoms. The average molecular weight is 393 g/mol. The summed E-state index contributed by atoms with van der Waals surface area (Å²) in [5.74, 6) is -2.24. The number of fused-ring (bicyclic) bond motifs is 1. The van der Waals surface area contributed by atoms with Crippen LogP contribution in [0.5, 0.6) is 0 Å². The third-order valence-electron chi connectivity index (χ3n) is 5.35. The monoisotopic (exact) mass is 393 g/mol. The molecule has 152 valence electrons. The number of amides is 3. The predicted molar refractivity (Wildman–Crippen MR) is 113 cm³/mol. The van der Waals surface area contributed by atoms with Crippen molar-refractivity contribution in [2.45, 2.75) is 52.0 Å². The third kappa shape index (κ3) is 4.65. The van der Waals surface area contributed by atoms with E-state index in [4.69, 9.17) is 5.73 Å². The molecule has 29 heavy (non-hydrogen) atoms. The van der Waals surface area contributed by atoms with Crippen LogP contribution in [0.25, 0.3) is 0 Å². The Bertz CT molecular complexity index is 921. The Morgan fingerprint density at radius 1 is 1.03 bits per heavy atom. The van der Waals surface area contributed by atoms with E-state index in [1.54, 1.807) is 24.3 Å². The Kier molecular flexibility index (Phi) is 6.32. The maximum Gasteiger partial charge on any atom is 0.323 e. The fourth-order valence-corrected chi connectivity index (χ4v) is 3.78. The van der Waals surface area contributed by atoms with Gasteiger partial charge in [0.25, 0.3) is 0 Å². The number of hydrogen-bond donors (Lipinski definition) is 2. The SMILES string of the molecule is CCC(NC(=O)C(=O)N(C(C)=O)c1ccc(N)cc1)c1ccc2c(c1)CCCC2. The van der Waals surface area contributed by atoms with E-state index in [2.05, 4.69) is 17.4 Å². The second-order valence-corrected chi connectivity index (χ2v) is 7.42. The van der Waals surface area contributed by atoms with Gasteiger partial charge in [0, 0.05) is 12.6 Å². The van der Waals surface area contributed by atoms with Crippen molar-refractivity contribution in [3.63, 3.8) is 0 Å². The number of nitrogens with one attached hydrogen (secondary N) is 1. The first-order valence-electron chi connectivity index (χ1n) is 10.0. The van der Waals surface area contributed by atoms with Crippen LogP contribution in [0.1, 0.15) is 55.8 Å². The first-order valence-corrected chi connectivity index (χ1v) is 10.0. The van der Waals surface area contributed by atoms with E-state index < -0.39 is 17.7 Å². The zero-order valence-corrected chi connectivity index (χ0v) is 16.9. The largest absolute Gasteiger partial charge is 0.399 e. The zero-order chi connectivity index (χ0) is 21.0. The Balaban J connectivity index is 1.78. The van der Waals surface area contributed by atoms with Crippen LogP contribution >= 0.6 is 0 Å². The van der Waals surface area contributed by atoms with Crippen molar-refractivity contribution < 1.29 is 14.4 Å². The van der Waals surface area contributed by atoms with E-state index in [0.717, 1.165) is 23.3 Å². The van der Waals surface area contributed by atoms with Crippen LogP contribution in [0.2, 0.25) is 0 Å². The number of carbonyl (C=O) groups excluding carboxylic acids is 3. The Labute approximate surface area is 171 Å². The van der Waals surface area contributed by atoms with Crippen LogP contribution in [0.3, 0.4) is 0 Å². The molecular formula is C23H27N3O3. The molecule has 0 heterocycles. The summed E-state index contributed by atoms with van der Waals surface area (Å²) in [6.07, 6.45) is 5.15. The quantitative estimate of drug-likeness (QED) is 0.616. The second-order valence-electron chi connectivity index (χ2n) is 7.42. The maximum atomic E-state index is 12.7. The van der Waals surface area contributed by atoms with Gasteiger partial charge in [-0.05, 0) is 73.1 Å². The Hall–Kier alpha value is -3.15. The number of carbonyl (C=O) groups is 3. The summed E-state index contributed by atoms with van der Waals surface area (Å²) in [5.41, 5.74) is 10.2. The van der Waals surface area contributed by atoms with E-state index in [0.29, 0.717) is 17.8 Å². The van der Waals surface area contributed by atoms with Crippen LogP contribution < -0.4 is 16.0 Å². The van der Waals surface area contributed by atoms with Crippen LogP contribution in [0.15, 0.2) is 42.5 Å². The van der Waals surface area contributed by atoms with Crippen molar-refractivity contribution in [2.75, 3.05) is 10.6 Å². The number of anilines is 2. The van der Waals surface area contributed by atoms with Gasteiger partial charge in [-0.2, -0.15) is 0 Å². The molecule has 0 aromatic heterocycles. The summed E-state index contributed by atoms with van der Waals surface area (Å²) in [7, 11) is 0. The molecule has 6 nitrogen and oxygen atoms in total. The Morgan fingerprint density at radius 2 is 1.69 bits per heavy atom. The molecule has 1 aliphatic rings. The highest BCUT2D eigenvalue weighted by molar-refractivity contribution is 6.45. The van der Waals surface area contributed by atoms with Gasteiger partial charge < -0.3 is 11.1 Å². The van der Waals surface area contributed by atoms with Gasteiger partial charge in [-0.3, -0.25) is 14.4 Å². The molecule has 0 bridgehead atoms. The van der Waals surface area contributed by atoms with Gasteiger partial charge in [0.05, 0.1) is 11.7 Å². The van der Waals surface area contributed by atoms with Crippen LogP contribution in [0, 0.1) is 0 Å². The third-order valence-corrected chi connectivity index (χ3v) is 5.35. The molecule has 0 fully saturated rings. The molecular weight excluding hydrogens is 366 g/mol. The summed E-state index contributed by atoms with van der Waals surface area (Å²) in [4.78, 5) is 38.4. The molecule has 3 N–H and O–H groups in total. The molecule has 1 unspecified atom stereocenters. The lowest BCUT2D eigenvalue weighted by Gasteiger charge is -2.23. The average Bonchev–Trinajstić information content (AvgIpc) is 2.72. The fraction of sp³-hybridized carbons (Fsp3) is 0.348. The van der Waals surface area contributed by atoms with E-state index in [1.807, 2.05) is 13.0 Å². The molecule has 0 saturated heterocycles. The van der Waals surface area contributed by atoms with Crippen molar-refractivity contribution in [1.82, 2.24) is 5.32 Å². The lowest BCUT2D eigenvalue weighted by atomic mass is 9.89. The summed E-state index contributed by atoms with van der Waals surface area (Å²) in [5, 5.41) is 2.80. The van der Waals surface area contributed by atoms with Crippen molar-refractivity contribution in [1.29, 1.82) is 0 Å². The predicted octanol–water partition coefficient (Wildman–Crippen LogP) is 3.29. The highest BCUT2D eigenvalue weighted by atomic mass is 16.2. The number of benzene rings is 2. The number of rotatable bonds is 4. The molecule has 0 spiro atoms. The smallest absolute Gasteiger partial charge is 0.323 e. The molecule has 0 radical (unpaired) electrons. The number of aryl methyl sites for hydroxylation is 2. The molecule has 1 atom stereocenters. The zero-order valence-electron chi connectivity index (χ0n) is 16.9. The standard InChI is InChI=1S/C23H27N3O3/c1-3-21(18-9-8-16-6-4-5-7-17(16)14-18)25-22(28)23(29)26(15(2)27)20-12-10-19(24)11-13-20/h8-14,21H,3-7,24H2,1-2H3,(H,25,28). The number of imide groups is 1. The summed E-state index contributed by atoms with van der Waals surface area (Å²) in [6.45, 7) is 3.21. The first kappa shape index (κ1) is 20.6. The van der Waals surface area contributed by atoms with Crippen molar-refractivity contribution in [3.8, 4) is 0 Å². The molecule has 1 aliphatic carbocycles. The number of nitrogens with two attached hydrogens (primary N) is 1. The highest BCUT2D eigenvalue weighted by Gasteiger charge is 2.28. The molecule has 3 amide bonds. The molecule has 2 aromatic rings. The van der Waals surface area contributed by atoms with Crippen molar-refractivity contribution >= 4 is 29.1 Å². The first-order chi connectivity index (χ1) is 13.9. The minimum absolute atomic E-state index is 0.293. The van der Waals surface area contributed by atoms with E-state index in [9.17, 15) is 14.4 Å². The number of hydrogen-bond acceptors (Lipinski definition) is 4.